The Morgan fingerprint density at radius 1 is 0.912 bits per heavy atom. The minimum absolute atomic E-state index is 0.0490. The van der Waals surface area contributed by atoms with Crippen molar-refractivity contribution in [1.29, 1.82) is 0 Å². The van der Waals surface area contributed by atoms with E-state index in [1.165, 1.54) is 21.6 Å². The number of urea groups is 1. The highest BCUT2D eigenvalue weighted by atomic mass is 19.1. The van der Waals surface area contributed by atoms with Crippen LogP contribution in [0, 0.1) is 24.5 Å². The number of amides is 6. The summed E-state index contributed by atoms with van der Waals surface area (Å²) in [5.41, 5.74) is 1.41. The summed E-state index contributed by atoms with van der Waals surface area (Å²) in [6.07, 6.45) is 0.836. The Labute approximate surface area is 329 Å². The molecule has 4 saturated heterocycles. The van der Waals surface area contributed by atoms with E-state index in [2.05, 4.69) is 21.3 Å². The summed E-state index contributed by atoms with van der Waals surface area (Å²) in [4.78, 5) is 87.1. The summed E-state index contributed by atoms with van der Waals surface area (Å²) in [6.45, 7) is 5.43. The van der Waals surface area contributed by atoms with Gasteiger partial charge in [-0.3, -0.25) is 24.1 Å². The molecule has 5 N–H and O–H groups in total. The van der Waals surface area contributed by atoms with Gasteiger partial charge < -0.3 is 40.9 Å². The lowest BCUT2D eigenvalue weighted by Gasteiger charge is -2.40. The first-order valence-corrected chi connectivity index (χ1v) is 19.6. The van der Waals surface area contributed by atoms with Crippen LogP contribution in [0.2, 0.25) is 0 Å². The molecule has 4 aliphatic rings. The lowest BCUT2D eigenvalue weighted by Crippen LogP contribution is -2.63. The largest absolute Gasteiger partial charge is 0.462 e. The van der Waals surface area contributed by atoms with Crippen LogP contribution in [-0.4, -0.2) is 124 Å². The predicted octanol–water partition coefficient (Wildman–Crippen LogP) is 1.95. The molecule has 4 fully saturated rings. The number of aliphatic hydroxyl groups is 1. The van der Waals surface area contributed by atoms with Gasteiger partial charge in [0.25, 0.3) is 0 Å². The number of aliphatic hydroxyl groups excluding tert-OH is 1. The molecule has 15 nitrogen and oxygen atoms in total. The van der Waals surface area contributed by atoms with Crippen LogP contribution in [0.4, 0.5) is 19.3 Å². The van der Waals surface area contributed by atoms with Gasteiger partial charge in [-0.05, 0) is 88.1 Å². The Hall–Kier alpha value is -5.16. The van der Waals surface area contributed by atoms with E-state index >= 15 is 0 Å². The average molecular weight is 796 g/mol. The Morgan fingerprint density at radius 3 is 2.33 bits per heavy atom. The van der Waals surface area contributed by atoms with Crippen molar-refractivity contribution >= 4 is 41.3 Å². The fourth-order valence-electron chi connectivity index (χ4n) is 8.28. The third-order valence-corrected chi connectivity index (χ3v) is 11.2. The Bertz CT molecular complexity index is 1830. The fourth-order valence-corrected chi connectivity index (χ4v) is 8.28. The molecule has 2 aromatic carbocycles. The molecule has 8 unspecified atom stereocenters. The van der Waals surface area contributed by atoms with Crippen molar-refractivity contribution in [2.75, 3.05) is 31.6 Å². The van der Waals surface area contributed by atoms with Crippen LogP contribution in [0.15, 0.2) is 42.5 Å². The molecule has 8 atom stereocenters. The second-order valence-electron chi connectivity index (χ2n) is 15.7. The quantitative estimate of drug-likeness (QED) is 0.273. The first-order valence-electron chi connectivity index (χ1n) is 19.6. The molecule has 308 valence electrons. The summed E-state index contributed by atoms with van der Waals surface area (Å²) < 4.78 is 34.3. The molecule has 17 heteroatoms. The van der Waals surface area contributed by atoms with Gasteiger partial charge in [0.2, 0.25) is 23.6 Å². The normalized spacial score (nSPS) is 28.1. The van der Waals surface area contributed by atoms with E-state index in [1.807, 2.05) is 13.8 Å². The van der Waals surface area contributed by atoms with E-state index < -0.39 is 96.3 Å². The van der Waals surface area contributed by atoms with Crippen molar-refractivity contribution in [3.63, 3.8) is 0 Å². The first-order chi connectivity index (χ1) is 27.2. The molecule has 0 bridgehead atoms. The number of carbonyl (C=O) groups is 6. The molecular weight excluding hydrogens is 744 g/mol. The van der Waals surface area contributed by atoms with E-state index in [1.54, 1.807) is 24.3 Å². The van der Waals surface area contributed by atoms with Gasteiger partial charge in [0.15, 0.2) is 0 Å². The zero-order valence-corrected chi connectivity index (χ0v) is 32.3. The van der Waals surface area contributed by atoms with Gasteiger partial charge in [-0.25, -0.2) is 18.4 Å². The number of carbonyl (C=O) groups excluding carboxylic acids is 6. The molecule has 0 spiro atoms. The minimum Gasteiger partial charge on any atom is -0.462 e. The van der Waals surface area contributed by atoms with Gasteiger partial charge in [-0.2, -0.15) is 0 Å². The number of aryl methyl sites for hydroxylation is 1. The summed E-state index contributed by atoms with van der Waals surface area (Å²) in [5.74, 6) is -4.92. The number of nitrogens with zero attached hydrogens (tertiary/aromatic N) is 3. The maximum absolute atomic E-state index is 14.3. The van der Waals surface area contributed by atoms with E-state index in [-0.39, 0.29) is 37.4 Å². The smallest absolute Gasteiger partial charge is 0.328 e. The van der Waals surface area contributed by atoms with Gasteiger partial charge in [0, 0.05) is 37.8 Å². The molecule has 6 amide bonds. The highest BCUT2D eigenvalue weighted by molar-refractivity contribution is 5.95. The number of hydrogen-bond donors (Lipinski definition) is 5. The lowest BCUT2D eigenvalue weighted by atomic mass is 9.99. The van der Waals surface area contributed by atoms with Crippen LogP contribution >= 0.6 is 0 Å². The number of nitrogens with one attached hydrogen (secondary N) is 4. The Kier molecular flexibility index (Phi) is 13.1. The second kappa shape index (κ2) is 18.0. The molecular formula is C40H51F2N7O8. The number of cyclic esters (lactones) is 1. The van der Waals surface area contributed by atoms with Crippen molar-refractivity contribution in [1.82, 2.24) is 30.7 Å². The molecule has 0 aliphatic carbocycles. The molecule has 2 aromatic rings. The highest BCUT2D eigenvalue weighted by Crippen LogP contribution is 2.29. The summed E-state index contributed by atoms with van der Waals surface area (Å²) in [5, 5.41) is 22.7. The minimum atomic E-state index is -1.61. The van der Waals surface area contributed by atoms with E-state index in [0.717, 1.165) is 17.7 Å². The number of hydrogen-bond acceptors (Lipinski definition) is 9. The number of benzene rings is 2. The van der Waals surface area contributed by atoms with E-state index in [4.69, 9.17) is 4.74 Å². The number of ether oxygens (including phenoxy) is 1. The third-order valence-electron chi connectivity index (χ3n) is 11.2. The number of halogens is 2. The molecule has 0 aromatic heterocycles. The highest BCUT2D eigenvalue weighted by Gasteiger charge is 2.46. The molecule has 0 saturated carbocycles. The van der Waals surface area contributed by atoms with Crippen molar-refractivity contribution in [3.05, 3.63) is 65.2 Å². The van der Waals surface area contributed by atoms with Gasteiger partial charge in [0.1, 0.15) is 54.7 Å². The van der Waals surface area contributed by atoms with Gasteiger partial charge in [-0.1, -0.05) is 24.6 Å². The number of fused-ring (bicyclic) bond motifs is 3. The van der Waals surface area contributed by atoms with Gasteiger partial charge in [0.05, 0.1) is 6.04 Å². The fraction of sp³-hybridized carbons (Fsp3) is 0.550. The van der Waals surface area contributed by atoms with Crippen molar-refractivity contribution in [2.24, 2.45) is 5.92 Å². The maximum atomic E-state index is 14.3. The predicted molar refractivity (Wildman–Crippen MR) is 202 cm³/mol. The zero-order valence-electron chi connectivity index (χ0n) is 32.3. The van der Waals surface area contributed by atoms with Crippen molar-refractivity contribution in [3.8, 4) is 0 Å². The Morgan fingerprint density at radius 2 is 1.61 bits per heavy atom. The second-order valence-corrected chi connectivity index (χ2v) is 15.7. The number of esters is 1. The molecule has 4 heterocycles. The number of rotatable bonds is 6. The molecule has 4 aliphatic heterocycles. The lowest BCUT2D eigenvalue weighted by molar-refractivity contribution is -0.159. The SMILES string of the molecule is Cc1ccc(NC(=O)NC(Cc2cc(F)cc(F)c2)C(=O)NC2COC(=O)C3CC(C)CN3C(=O)C(C)NC(=O)C3CCCCN3C(=O)C3CCCN3C2O)cc1. The van der Waals surface area contributed by atoms with Crippen LogP contribution in [-0.2, 0) is 35.1 Å². The topological polar surface area (TPSA) is 190 Å². The number of anilines is 1. The Balaban J connectivity index is 1.31. The number of piperidine rings is 1. The van der Waals surface area contributed by atoms with Crippen LogP contribution < -0.4 is 21.3 Å². The van der Waals surface area contributed by atoms with E-state index in [9.17, 15) is 42.7 Å². The molecule has 57 heavy (non-hydrogen) atoms. The van der Waals surface area contributed by atoms with Crippen LogP contribution in [0.1, 0.15) is 63.5 Å². The zero-order chi connectivity index (χ0) is 41.0. The van der Waals surface area contributed by atoms with Crippen molar-refractivity contribution < 1.29 is 47.4 Å². The third kappa shape index (κ3) is 9.87. The van der Waals surface area contributed by atoms with Crippen LogP contribution in [0.25, 0.3) is 0 Å². The standard InChI is InChI=1S/C40H51F2N7O8/c1-22-9-11-28(12-10-22)44-40(56)46-29(18-25-16-26(41)19-27(42)17-25)34(50)45-30-21-57-39(55)33-15-23(2)20-49(33)36(52)24(3)43-35(51)31-7-4-5-13-47(31)38(54)32-8-6-14-48(32)37(30)53/h9-12,16-17,19,23-24,29-33,37,53H,4-8,13-15,18,20-21H2,1-3H3,(H,43,51)(H,45,50)(H2,44,46,56). The first kappa shape index (κ1) is 41.5. The van der Waals surface area contributed by atoms with Crippen LogP contribution in [0.3, 0.4) is 0 Å². The summed E-state index contributed by atoms with van der Waals surface area (Å²) >= 11 is 0. The molecule has 6 rings (SSSR count). The monoisotopic (exact) mass is 795 g/mol. The average Bonchev–Trinajstić information content (AvgIpc) is 3.82. The summed E-state index contributed by atoms with van der Waals surface area (Å²) in [6, 6.07) is 2.15. The summed E-state index contributed by atoms with van der Waals surface area (Å²) in [7, 11) is 0. The van der Waals surface area contributed by atoms with Crippen LogP contribution in [0.5, 0.6) is 0 Å². The van der Waals surface area contributed by atoms with Gasteiger partial charge in [-0.15, -0.1) is 0 Å². The molecule has 0 radical (unpaired) electrons. The van der Waals surface area contributed by atoms with E-state index in [0.29, 0.717) is 50.4 Å². The maximum Gasteiger partial charge on any atom is 0.328 e. The van der Waals surface area contributed by atoms with Gasteiger partial charge >= 0.3 is 12.0 Å². The van der Waals surface area contributed by atoms with Crippen molar-refractivity contribution in [2.45, 2.75) is 108 Å².